The van der Waals surface area contributed by atoms with Gasteiger partial charge in [-0.25, -0.2) is 4.98 Å². The minimum Gasteiger partial charge on any atom is -0.492 e. The molecule has 1 aliphatic rings. The van der Waals surface area contributed by atoms with Crippen molar-refractivity contribution in [2.45, 2.75) is 39.2 Å². The second-order valence-corrected chi connectivity index (χ2v) is 9.20. The summed E-state index contributed by atoms with van der Waals surface area (Å²) in [6, 6.07) is 22.1. The van der Waals surface area contributed by atoms with Crippen LogP contribution in [0.15, 0.2) is 66.7 Å². The zero-order valence-corrected chi connectivity index (χ0v) is 20.3. The molecule has 1 saturated heterocycles. The van der Waals surface area contributed by atoms with Crippen LogP contribution in [-0.2, 0) is 17.8 Å². The van der Waals surface area contributed by atoms with Gasteiger partial charge in [0.25, 0.3) is 0 Å². The number of carbonyl (C=O) groups excluding carboxylic acids is 1. The number of carbonyl (C=O) groups is 1. The zero-order valence-electron chi connectivity index (χ0n) is 19.5. The molecule has 5 nitrogen and oxygen atoms in total. The van der Waals surface area contributed by atoms with E-state index in [-0.39, 0.29) is 11.8 Å². The van der Waals surface area contributed by atoms with Gasteiger partial charge in [0.2, 0.25) is 5.91 Å². The molecule has 0 radical (unpaired) electrons. The molecule has 174 valence electrons. The van der Waals surface area contributed by atoms with E-state index in [9.17, 15) is 4.79 Å². The molecule has 1 aromatic heterocycles. The van der Waals surface area contributed by atoms with Gasteiger partial charge in [-0.1, -0.05) is 42.8 Å². The van der Waals surface area contributed by atoms with Gasteiger partial charge in [0, 0.05) is 29.6 Å². The minimum atomic E-state index is 0.0310. The predicted octanol–water partition coefficient (Wildman–Crippen LogP) is 6.16. The monoisotopic (exact) mass is 473 g/mol. The summed E-state index contributed by atoms with van der Waals surface area (Å²) in [4.78, 5) is 19.8. The van der Waals surface area contributed by atoms with Crippen LogP contribution in [0, 0.1) is 6.92 Å². The van der Waals surface area contributed by atoms with Crippen molar-refractivity contribution < 1.29 is 9.53 Å². The molecule has 2 heterocycles. The first-order valence-electron chi connectivity index (χ1n) is 11.8. The van der Waals surface area contributed by atoms with Crippen LogP contribution in [-0.4, -0.2) is 28.6 Å². The summed E-state index contributed by atoms with van der Waals surface area (Å²) < 4.78 is 8.24. The number of aromatic nitrogens is 2. The number of rotatable bonds is 7. The van der Waals surface area contributed by atoms with E-state index in [1.54, 1.807) is 0 Å². The summed E-state index contributed by atoms with van der Waals surface area (Å²) in [7, 11) is 0. The zero-order chi connectivity index (χ0) is 23.7. The van der Waals surface area contributed by atoms with E-state index in [4.69, 9.17) is 21.3 Å². The van der Waals surface area contributed by atoms with Gasteiger partial charge in [-0.2, -0.15) is 0 Å². The highest BCUT2D eigenvalue weighted by atomic mass is 35.5. The third-order valence-corrected chi connectivity index (χ3v) is 6.97. The molecule has 1 aliphatic heterocycles. The Kier molecular flexibility index (Phi) is 6.29. The fraction of sp³-hybridized carbons (Fsp3) is 0.286. The topological polar surface area (TPSA) is 47.4 Å². The van der Waals surface area contributed by atoms with Crippen LogP contribution in [0.2, 0.25) is 5.02 Å². The van der Waals surface area contributed by atoms with Gasteiger partial charge < -0.3 is 14.2 Å². The molecule has 1 unspecified atom stereocenters. The van der Waals surface area contributed by atoms with Gasteiger partial charge in [0.1, 0.15) is 18.2 Å². The summed E-state index contributed by atoms with van der Waals surface area (Å²) in [6.45, 7) is 5.87. The number of benzene rings is 3. The van der Waals surface area contributed by atoms with Crippen LogP contribution in [0.3, 0.4) is 0 Å². The summed E-state index contributed by atoms with van der Waals surface area (Å²) in [5.74, 6) is 1.91. The van der Waals surface area contributed by atoms with Crippen molar-refractivity contribution in [2.75, 3.05) is 18.1 Å². The average Bonchev–Trinajstić information content (AvgIpc) is 3.42. The lowest BCUT2D eigenvalue weighted by molar-refractivity contribution is -0.117. The van der Waals surface area contributed by atoms with Gasteiger partial charge in [-0.15, -0.1) is 0 Å². The molecule has 5 rings (SSSR count). The van der Waals surface area contributed by atoms with Crippen LogP contribution < -0.4 is 9.64 Å². The van der Waals surface area contributed by atoms with E-state index in [2.05, 4.69) is 29.7 Å². The lowest BCUT2D eigenvalue weighted by Crippen LogP contribution is -2.24. The van der Waals surface area contributed by atoms with Crippen molar-refractivity contribution in [3.63, 3.8) is 0 Å². The second kappa shape index (κ2) is 9.51. The molecular formula is C28H28ClN3O2. The molecule has 1 amide bonds. The number of aryl methyl sites for hydroxylation is 2. The van der Waals surface area contributed by atoms with Gasteiger partial charge in [0.15, 0.2) is 0 Å². The summed E-state index contributed by atoms with van der Waals surface area (Å²) >= 11 is 6.14. The molecule has 0 N–H and O–H groups in total. The van der Waals surface area contributed by atoms with Crippen molar-refractivity contribution in [2.24, 2.45) is 0 Å². The van der Waals surface area contributed by atoms with Gasteiger partial charge in [0.05, 0.1) is 17.6 Å². The van der Waals surface area contributed by atoms with Crippen LogP contribution in [0.4, 0.5) is 5.69 Å². The third-order valence-electron chi connectivity index (χ3n) is 6.54. The van der Waals surface area contributed by atoms with E-state index < -0.39 is 0 Å². The third kappa shape index (κ3) is 4.40. The lowest BCUT2D eigenvalue weighted by atomic mass is 10.1. The number of ether oxygens (including phenoxy) is 1. The number of anilines is 1. The Morgan fingerprint density at radius 3 is 2.65 bits per heavy atom. The highest BCUT2D eigenvalue weighted by molar-refractivity contribution is 6.31. The van der Waals surface area contributed by atoms with Crippen molar-refractivity contribution in [1.82, 2.24) is 9.55 Å². The maximum absolute atomic E-state index is 13.0. The predicted molar refractivity (Wildman–Crippen MR) is 137 cm³/mol. The van der Waals surface area contributed by atoms with Gasteiger partial charge in [-0.05, 0) is 66.9 Å². The van der Waals surface area contributed by atoms with E-state index >= 15 is 0 Å². The van der Waals surface area contributed by atoms with Crippen molar-refractivity contribution in [1.29, 1.82) is 0 Å². The second-order valence-electron chi connectivity index (χ2n) is 8.80. The van der Waals surface area contributed by atoms with Crippen molar-refractivity contribution in [3.8, 4) is 5.75 Å². The average molecular weight is 474 g/mol. The van der Waals surface area contributed by atoms with E-state index in [1.807, 2.05) is 60.4 Å². The van der Waals surface area contributed by atoms with Gasteiger partial charge in [-0.3, -0.25) is 4.79 Å². The molecule has 4 aromatic rings. The van der Waals surface area contributed by atoms with Crippen LogP contribution in [0.5, 0.6) is 5.75 Å². The van der Waals surface area contributed by atoms with Crippen LogP contribution in [0.1, 0.15) is 36.2 Å². The first-order valence-corrected chi connectivity index (χ1v) is 12.1. The first-order chi connectivity index (χ1) is 16.5. The number of amides is 1. The lowest BCUT2D eigenvalue weighted by Gasteiger charge is -2.18. The summed E-state index contributed by atoms with van der Waals surface area (Å²) in [5.41, 5.74) is 5.22. The number of imidazole rings is 1. The largest absolute Gasteiger partial charge is 0.492 e. The molecule has 6 heteroatoms. The number of fused-ring (bicyclic) bond motifs is 1. The first kappa shape index (κ1) is 22.5. The molecule has 34 heavy (non-hydrogen) atoms. The molecule has 3 aromatic carbocycles. The number of hydrogen-bond donors (Lipinski definition) is 0. The highest BCUT2D eigenvalue weighted by Gasteiger charge is 2.34. The SMILES string of the molecule is CCc1ccc(N2CC(c3nc4ccccc4n3CCOc3ccc(Cl)c(C)c3)CC2=O)cc1. The molecule has 0 aliphatic carbocycles. The standard InChI is InChI=1S/C28H28ClN3O2/c1-3-20-8-10-22(11-9-20)32-18-21(17-27(32)33)28-30-25-6-4-5-7-26(25)31(28)14-15-34-23-12-13-24(29)19(2)16-23/h4-13,16,21H,3,14-15,17-18H2,1-2H3. The smallest absolute Gasteiger partial charge is 0.227 e. The Hall–Kier alpha value is -3.31. The Morgan fingerprint density at radius 2 is 1.88 bits per heavy atom. The molecule has 0 bridgehead atoms. The Bertz CT molecular complexity index is 1330. The van der Waals surface area contributed by atoms with Gasteiger partial charge >= 0.3 is 0 Å². The molecule has 1 atom stereocenters. The Balaban J connectivity index is 1.38. The molecule has 0 saturated carbocycles. The summed E-state index contributed by atoms with van der Waals surface area (Å²) in [6.07, 6.45) is 1.44. The Labute approximate surface area is 204 Å². The van der Waals surface area contributed by atoms with Crippen LogP contribution >= 0.6 is 11.6 Å². The van der Waals surface area contributed by atoms with Crippen molar-refractivity contribution >= 4 is 34.2 Å². The fourth-order valence-electron chi connectivity index (χ4n) is 4.64. The molecule has 1 fully saturated rings. The van der Waals surface area contributed by atoms with Crippen molar-refractivity contribution in [3.05, 3.63) is 88.7 Å². The highest BCUT2D eigenvalue weighted by Crippen LogP contribution is 2.33. The maximum atomic E-state index is 13.0. The van der Waals surface area contributed by atoms with Crippen LogP contribution in [0.25, 0.3) is 11.0 Å². The van der Waals surface area contributed by atoms with E-state index in [0.717, 1.165) is 45.3 Å². The Morgan fingerprint density at radius 1 is 1.09 bits per heavy atom. The molecular weight excluding hydrogens is 446 g/mol. The number of halogens is 1. The number of hydrogen-bond acceptors (Lipinski definition) is 3. The minimum absolute atomic E-state index is 0.0310. The number of nitrogens with zero attached hydrogens (tertiary/aromatic N) is 3. The van der Waals surface area contributed by atoms with E-state index in [0.29, 0.717) is 26.1 Å². The maximum Gasteiger partial charge on any atom is 0.227 e. The molecule has 0 spiro atoms. The number of para-hydroxylation sites is 2. The summed E-state index contributed by atoms with van der Waals surface area (Å²) in [5, 5.41) is 0.732. The quantitative estimate of drug-likeness (QED) is 0.323. The van der Waals surface area contributed by atoms with E-state index in [1.165, 1.54) is 5.56 Å². The fourth-order valence-corrected chi connectivity index (χ4v) is 4.76. The normalized spacial score (nSPS) is 15.9.